The Bertz CT molecular complexity index is 702. The SMILES string of the molecule is COCCNCCNC(=O)c1cc(S(=O)(=O)N2CCCC(C)C2)cn1C. The summed E-state index contributed by atoms with van der Waals surface area (Å²) in [5.74, 6) is 0.0742. The number of aryl methyl sites for hydroxylation is 1. The van der Waals surface area contributed by atoms with E-state index in [1.807, 2.05) is 0 Å². The summed E-state index contributed by atoms with van der Waals surface area (Å²) in [6, 6.07) is 1.46. The van der Waals surface area contributed by atoms with Gasteiger partial charge in [-0.25, -0.2) is 8.42 Å². The van der Waals surface area contributed by atoms with Crippen molar-refractivity contribution in [2.45, 2.75) is 24.7 Å². The standard InChI is InChI=1S/C17H30N4O4S/c1-14-5-4-9-21(12-14)26(23,24)15-11-16(20(2)13-15)17(22)19-7-6-18-8-10-25-3/h11,13-14,18H,4-10,12H2,1-3H3,(H,19,22). The number of hydrogen-bond acceptors (Lipinski definition) is 5. The molecule has 2 rings (SSSR count). The van der Waals surface area contributed by atoms with Gasteiger partial charge in [-0.15, -0.1) is 0 Å². The minimum Gasteiger partial charge on any atom is -0.383 e. The summed E-state index contributed by atoms with van der Waals surface area (Å²) >= 11 is 0. The molecule has 8 nitrogen and oxygen atoms in total. The van der Waals surface area contributed by atoms with E-state index in [0.717, 1.165) is 12.8 Å². The lowest BCUT2D eigenvalue weighted by Crippen LogP contribution is -2.38. The van der Waals surface area contributed by atoms with Crippen molar-refractivity contribution in [2.75, 3.05) is 46.4 Å². The second kappa shape index (κ2) is 9.50. The summed E-state index contributed by atoms with van der Waals surface area (Å²) < 4.78 is 33.7. The third-order valence-corrected chi connectivity index (χ3v) is 6.37. The Kier molecular flexibility index (Phi) is 7.63. The molecule has 1 aromatic rings. The van der Waals surface area contributed by atoms with Crippen molar-refractivity contribution in [3.05, 3.63) is 18.0 Å². The quantitative estimate of drug-likeness (QED) is 0.600. The number of rotatable bonds is 9. The third kappa shape index (κ3) is 5.29. The summed E-state index contributed by atoms with van der Waals surface area (Å²) in [4.78, 5) is 12.5. The van der Waals surface area contributed by atoms with Crippen LogP contribution in [0.1, 0.15) is 30.3 Å². The number of carbonyl (C=O) groups is 1. The van der Waals surface area contributed by atoms with Gasteiger partial charge in [0.05, 0.1) is 6.61 Å². The molecule has 1 aromatic heterocycles. The average molecular weight is 387 g/mol. The molecule has 1 aliphatic heterocycles. The van der Waals surface area contributed by atoms with E-state index in [9.17, 15) is 13.2 Å². The zero-order valence-electron chi connectivity index (χ0n) is 15.8. The third-order valence-electron chi connectivity index (χ3n) is 4.54. The average Bonchev–Trinajstić information content (AvgIpc) is 3.00. The fourth-order valence-corrected chi connectivity index (χ4v) is 4.74. The van der Waals surface area contributed by atoms with E-state index in [4.69, 9.17) is 4.74 Å². The van der Waals surface area contributed by atoms with Crippen LogP contribution in [0.25, 0.3) is 0 Å². The first-order chi connectivity index (χ1) is 12.4. The monoisotopic (exact) mass is 386 g/mol. The van der Waals surface area contributed by atoms with Gasteiger partial charge in [0.25, 0.3) is 5.91 Å². The Labute approximate surface area is 155 Å². The fraction of sp³-hybridized carbons (Fsp3) is 0.706. The number of carbonyl (C=O) groups excluding carboxylic acids is 1. The van der Waals surface area contributed by atoms with Gasteiger partial charge >= 0.3 is 0 Å². The molecule has 2 heterocycles. The van der Waals surface area contributed by atoms with Crippen molar-refractivity contribution in [1.29, 1.82) is 0 Å². The summed E-state index contributed by atoms with van der Waals surface area (Å²) in [5.41, 5.74) is 0.338. The highest BCUT2D eigenvalue weighted by Gasteiger charge is 2.30. The van der Waals surface area contributed by atoms with Gasteiger partial charge in [0, 0.05) is 53.1 Å². The molecule has 0 radical (unpaired) electrons. The molecule has 1 unspecified atom stereocenters. The number of amides is 1. The Morgan fingerprint density at radius 2 is 2.12 bits per heavy atom. The van der Waals surface area contributed by atoms with Crippen LogP contribution in [0.15, 0.2) is 17.2 Å². The summed E-state index contributed by atoms with van der Waals surface area (Å²) in [7, 11) is -0.241. The van der Waals surface area contributed by atoms with Crippen LogP contribution < -0.4 is 10.6 Å². The molecule has 1 fully saturated rings. The molecule has 148 valence electrons. The number of aromatic nitrogens is 1. The van der Waals surface area contributed by atoms with Gasteiger partial charge in [-0.05, 0) is 24.8 Å². The van der Waals surface area contributed by atoms with Crippen LogP contribution in [0.5, 0.6) is 0 Å². The fourth-order valence-electron chi connectivity index (χ4n) is 3.07. The first-order valence-electron chi connectivity index (χ1n) is 9.00. The lowest BCUT2D eigenvalue weighted by atomic mass is 10.0. The maximum Gasteiger partial charge on any atom is 0.267 e. The van der Waals surface area contributed by atoms with Crippen LogP contribution in [-0.2, 0) is 21.8 Å². The highest BCUT2D eigenvalue weighted by atomic mass is 32.2. The van der Waals surface area contributed by atoms with Gasteiger partial charge in [0.1, 0.15) is 10.6 Å². The molecule has 1 amide bonds. The van der Waals surface area contributed by atoms with Crippen LogP contribution in [0.4, 0.5) is 0 Å². The second-order valence-corrected chi connectivity index (χ2v) is 8.72. The molecule has 0 aliphatic carbocycles. The van der Waals surface area contributed by atoms with Gasteiger partial charge < -0.3 is 19.9 Å². The van der Waals surface area contributed by atoms with E-state index in [0.29, 0.717) is 50.9 Å². The van der Waals surface area contributed by atoms with Crippen molar-refractivity contribution >= 4 is 15.9 Å². The number of ether oxygens (including phenoxy) is 1. The lowest BCUT2D eigenvalue weighted by molar-refractivity contribution is 0.0945. The Balaban J connectivity index is 1.98. The normalized spacial score (nSPS) is 18.8. The minimum absolute atomic E-state index is 0.178. The predicted molar refractivity (Wildman–Crippen MR) is 99.6 cm³/mol. The summed E-state index contributed by atoms with van der Waals surface area (Å²) in [6.07, 6.45) is 3.43. The first-order valence-corrected chi connectivity index (χ1v) is 10.4. The second-order valence-electron chi connectivity index (χ2n) is 6.78. The minimum atomic E-state index is -3.56. The Morgan fingerprint density at radius 3 is 2.81 bits per heavy atom. The number of methoxy groups -OCH3 is 1. The molecule has 9 heteroatoms. The van der Waals surface area contributed by atoms with Crippen molar-refractivity contribution in [3.63, 3.8) is 0 Å². The largest absolute Gasteiger partial charge is 0.383 e. The topological polar surface area (TPSA) is 92.7 Å². The van der Waals surface area contributed by atoms with Crippen molar-refractivity contribution in [1.82, 2.24) is 19.5 Å². The Morgan fingerprint density at radius 1 is 1.35 bits per heavy atom. The molecule has 1 atom stereocenters. The predicted octanol–water partition coefficient (Wildman–Crippen LogP) is 0.412. The Hall–Kier alpha value is -1.42. The molecule has 26 heavy (non-hydrogen) atoms. The zero-order chi connectivity index (χ0) is 19.2. The van der Waals surface area contributed by atoms with Gasteiger partial charge in [0.15, 0.2) is 0 Å². The number of nitrogens with one attached hydrogen (secondary N) is 2. The highest BCUT2D eigenvalue weighted by Crippen LogP contribution is 2.24. The van der Waals surface area contributed by atoms with Crippen molar-refractivity contribution < 1.29 is 17.9 Å². The molecule has 1 aliphatic rings. The molecular formula is C17H30N4O4S. The van der Waals surface area contributed by atoms with Crippen LogP contribution in [0.2, 0.25) is 0 Å². The molecule has 2 N–H and O–H groups in total. The van der Waals surface area contributed by atoms with Gasteiger partial charge in [0.2, 0.25) is 10.0 Å². The first kappa shape index (κ1) is 20.9. The van der Waals surface area contributed by atoms with Crippen LogP contribution in [-0.4, -0.2) is 69.6 Å². The van der Waals surface area contributed by atoms with Crippen molar-refractivity contribution in [3.8, 4) is 0 Å². The van der Waals surface area contributed by atoms with Gasteiger partial charge in [-0.2, -0.15) is 4.31 Å². The maximum absolute atomic E-state index is 12.8. The number of nitrogens with zero attached hydrogens (tertiary/aromatic N) is 2. The zero-order valence-corrected chi connectivity index (χ0v) is 16.6. The van der Waals surface area contributed by atoms with E-state index in [1.54, 1.807) is 18.7 Å². The van der Waals surface area contributed by atoms with Crippen LogP contribution in [0, 0.1) is 5.92 Å². The summed E-state index contributed by atoms with van der Waals surface area (Å²) in [5, 5.41) is 5.93. The number of sulfonamides is 1. The molecule has 0 aromatic carbocycles. The molecule has 1 saturated heterocycles. The van der Waals surface area contributed by atoms with Crippen LogP contribution >= 0.6 is 0 Å². The van der Waals surface area contributed by atoms with E-state index in [-0.39, 0.29) is 10.8 Å². The molecular weight excluding hydrogens is 356 g/mol. The lowest BCUT2D eigenvalue weighted by Gasteiger charge is -2.29. The van der Waals surface area contributed by atoms with E-state index < -0.39 is 10.0 Å². The maximum atomic E-state index is 12.8. The van der Waals surface area contributed by atoms with Gasteiger partial charge in [-0.3, -0.25) is 4.79 Å². The van der Waals surface area contributed by atoms with E-state index >= 15 is 0 Å². The van der Waals surface area contributed by atoms with Crippen LogP contribution in [0.3, 0.4) is 0 Å². The van der Waals surface area contributed by atoms with Crippen molar-refractivity contribution in [2.24, 2.45) is 13.0 Å². The van der Waals surface area contributed by atoms with E-state index in [1.165, 1.54) is 16.6 Å². The summed E-state index contributed by atoms with van der Waals surface area (Å²) in [6.45, 7) is 5.54. The van der Waals surface area contributed by atoms with E-state index in [2.05, 4.69) is 17.6 Å². The highest BCUT2D eigenvalue weighted by molar-refractivity contribution is 7.89. The number of piperidine rings is 1. The molecule has 0 bridgehead atoms. The van der Waals surface area contributed by atoms with Gasteiger partial charge in [-0.1, -0.05) is 6.92 Å². The number of hydrogen-bond donors (Lipinski definition) is 2. The smallest absolute Gasteiger partial charge is 0.267 e. The molecule has 0 spiro atoms. The molecule has 0 saturated carbocycles.